The number of fused-ring (bicyclic) bond motifs is 1. The van der Waals surface area contributed by atoms with Crippen molar-refractivity contribution in [3.63, 3.8) is 0 Å². The van der Waals surface area contributed by atoms with Gasteiger partial charge in [-0.15, -0.1) is 11.3 Å². The second kappa shape index (κ2) is 9.52. The van der Waals surface area contributed by atoms with E-state index in [1.165, 1.54) is 11.3 Å². The summed E-state index contributed by atoms with van der Waals surface area (Å²) in [4.78, 5) is 26.5. The highest BCUT2D eigenvalue weighted by Crippen LogP contribution is 2.35. The molecule has 0 bridgehead atoms. The van der Waals surface area contributed by atoms with Gasteiger partial charge in [0.05, 0.1) is 12.7 Å². The molecule has 1 aromatic carbocycles. The number of nitrogens with one attached hydrogen (secondary N) is 1. The maximum Gasteiger partial charge on any atom is 0.407 e. The molecule has 2 aliphatic carbocycles. The standard InChI is InChI=1S/C24H26N2O4S/c1-29-18-4-2-3-15(11-18)5-8-17(27)12-22-21(14-25)20-10-9-19(13-23(20)31-22)30-24(28)26-16-6-7-16/h2-4,11,16,19H,5-10,12-13H2,1H3,(H,26,28). The first-order valence-electron chi connectivity index (χ1n) is 10.7. The first-order valence-corrected chi connectivity index (χ1v) is 11.5. The fourth-order valence-corrected chi connectivity index (χ4v) is 5.32. The largest absolute Gasteiger partial charge is 0.497 e. The minimum Gasteiger partial charge on any atom is -0.497 e. The van der Waals surface area contributed by atoms with Gasteiger partial charge in [0.2, 0.25) is 0 Å². The Morgan fingerprint density at radius 3 is 2.87 bits per heavy atom. The van der Waals surface area contributed by atoms with Crippen molar-refractivity contribution in [1.29, 1.82) is 5.26 Å². The Bertz CT molecular complexity index is 1020. The van der Waals surface area contributed by atoms with Crippen LogP contribution in [-0.2, 0) is 35.2 Å². The molecule has 1 amide bonds. The number of Topliss-reactive ketones (excluding diaryl/α,β-unsaturated/α-hetero) is 1. The summed E-state index contributed by atoms with van der Waals surface area (Å²) in [7, 11) is 1.63. The Morgan fingerprint density at radius 1 is 1.29 bits per heavy atom. The van der Waals surface area contributed by atoms with Crippen molar-refractivity contribution < 1.29 is 19.1 Å². The topological polar surface area (TPSA) is 88.4 Å². The van der Waals surface area contributed by atoms with Crippen LogP contribution in [0.1, 0.15) is 52.1 Å². The number of benzene rings is 1. The van der Waals surface area contributed by atoms with Crippen LogP contribution in [0.25, 0.3) is 0 Å². The van der Waals surface area contributed by atoms with Crippen molar-refractivity contribution in [3.8, 4) is 11.8 Å². The third-order valence-corrected chi connectivity index (χ3v) is 7.02. The number of hydrogen-bond donors (Lipinski definition) is 1. The molecule has 1 N–H and O–H groups in total. The molecule has 2 aliphatic rings. The van der Waals surface area contributed by atoms with Gasteiger partial charge in [-0.25, -0.2) is 4.79 Å². The van der Waals surface area contributed by atoms with Crippen molar-refractivity contribution in [2.75, 3.05) is 7.11 Å². The maximum atomic E-state index is 12.6. The normalized spacial score (nSPS) is 17.4. The average Bonchev–Trinajstić information content (AvgIpc) is 3.51. The molecule has 6 nitrogen and oxygen atoms in total. The molecule has 0 saturated heterocycles. The fourth-order valence-electron chi connectivity index (χ4n) is 3.93. The number of thiophene rings is 1. The number of ketones is 1. The van der Waals surface area contributed by atoms with Crippen LogP contribution >= 0.6 is 11.3 Å². The van der Waals surface area contributed by atoms with Crippen molar-refractivity contribution in [1.82, 2.24) is 5.32 Å². The van der Waals surface area contributed by atoms with Crippen LogP contribution in [0.4, 0.5) is 4.79 Å². The predicted octanol–water partition coefficient (Wildman–Crippen LogP) is 4.12. The zero-order valence-electron chi connectivity index (χ0n) is 17.6. The van der Waals surface area contributed by atoms with Gasteiger partial charge in [0.1, 0.15) is 23.7 Å². The van der Waals surface area contributed by atoms with E-state index in [-0.39, 0.29) is 30.4 Å². The molecule has 1 saturated carbocycles. The lowest BCUT2D eigenvalue weighted by molar-refractivity contribution is -0.118. The second-order valence-electron chi connectivity index (χ2n) is 8.17. The van der Waals surface area contributed by atoms with Gasteiger partial charge in [0.25, 0.3) is 0 Å². The number of nitrogens with zero attached hydrogens (tertiary/aromatic N) is 1. The summed E-state index contributed by atoms with van der Waals surface area (Å²) in [5.74, 6) is 0.903. The SMILES string of the molecule is COc1cccc(CCC(=O)Cc2sc3c(c2C#N)CCC(OC(=O)NC2CC2)C3)c1. The first kappa shape index (κ1) is 21.4. The van der Waals surface area contributed by atoms with Gasteiger partial charge in [-0.1, -0.05) is 12.1 Å². The summed E-state index contributed by atoms with van der Waals surface area (Å²) >= 11 is 1.52. The van der Waals surface area contributed by atoms with Gasteiger partial charge in [0, 0.05) is 35.1 Å². The second-order valence-corrected chi connectivity index (χ2v) is 9.36. The number of nitriles is 1. The molecule has 31 heavy (non-hydrogen) atoms. The Balaban J connectivity index is 1.36. The van der Waals surface area contributed by atoms with Crippen molar-refractivity contribution in [2.45, 2.75) is 63.5 Å². The van der Waals surface area contributed by atoms with Gasteiger partial charge < -0.3 is 14.8 Å². The fraction of sp³-hybridized carbons (Fsp3) is 0.458. The van der Waals surface area contributed by atoms with E-state index < -0.39 is 0 Å². The molecule has 1 unspecified atom stereocenters. The van der Waals surface area contributed by atoms with E-state index in [0.29, 0.717) is 37.7 Å². The van der Waals surface area contributed by atoms with Crippen LogP contribution in [0.3, 0.4) is 0 Å². The van der Waals surface area contributed by atoms with Crippen LogP contribution in [0.5, 0.6) is 5.75 Å². The molecular weight excluding hydrogens is 412 g/mol. The maximum absolute atomic E-state index is 12.6. The van der Waals surface area contributed by atoms with Gasteiger partial charge in [-0.2, -0.15) is 5.26 Å². The zero-order chi connectivity index (χ0) is 21.8. The van der Waals surface area contributed by atoms with Crippen LogP contribution in [0.2, 0.25) is 0 Å². The number of aryl methyl sites for hydroxylation is 1. The highest BCUT2D eigenvalue weighted by atomic mass is 32.1. The van der Waals surface area contributed by atoms with E-state index in [1.54, 1.807) is 7.11 Å². The zero-order valence-corrected chi connectivity index (χ0v) is 18.4. The van der Waals surface area contributed by atoms with Gasteiger partial charge in [0.15, 0.2) is 0 Å². The molecule has 1 atom stereocenters. The van der Waals surface area contributed by atoms with Gasteiger partial charge >= 0.3 is 6.09 Å². The molecular formula is C24H26N2O4S. The lowest BCUT2D eigenvalue weighted by Gasteiger charge is -2.22. The minimum atomic E-state index is -0.346. The number of amides is 1. The van der Waals surface area contributed by atoms with Gasteiger partial charge in [-0.05, 0) is 55.4 Å². The molecule has 0 radical (unpaired) electrons. The third kappa shape index (κ3) is 5.45. The van der Waals surface area contributed by atoms with Crippen molar-refractivity contribution >= 4 is 23.2 Å². The van der Waals surface area contributed by atoms with E-state index in [1.807, 2.05) is 24.3 Å². The number of rotatable bonds is 8. The highest BCUT2D eigenvalue weighted by Gasteiger charge is 2.30. The van der Waals surface area contributed by atoms with E-state index >= 15 is 0 Å². The number of hydrogen-bond acceptors (Lipinski definition) is 6. The van der Waals surface area contributed by atoms with E-state index in [2.05, 4.69) is 11.4 Å². The Morgan fingerprint density at radius 2 is 2.13 bits per heavy atom. The lowest BCUT2D eigenvalue weighted by atomic mass is 9.92. The van der Waals surface area contributed by atoms with Crippen LogP contribution < -0.4 is 10.1 Å². The van der Waals surface area contributed by atoms with Crippen molar-refractivity contribution in [3.05, 3.63) is 50.7 Å². The molecule has 2 aromatic rings. The number of carbonyl (C=O) groups is 2. The summed E-state index contributed by atoms with van der Waals surface area (Å²) in [5, 5.41) is 12.5. The highest BCUT2D eigenvalue weighted by molar-refractivity contribution is 7.12. The smallest absolute Gasteiger partial charge is 0.407 e. The molecule has 1 fully saturated rings. The van der Waals surface area contributed by atoms with Crippen molar-refractivity contribution in [2.24, 2.45) is 0 Å². The summed E-state index contributed by atoms with van der Waals surface area (Å²) in [6.07, 6.45) is 4.90. The van der Waals surface area contributed by atoms with E-state index in [4.69, 9.17) is 9.47 Å². The molecule has 162 valence electrons. The van der Waals surface area contributed by atoms with Crippen LogP contribution in [0.15, 0.2) is 24.3 Å². The molecule has 1 heterocycles. The summed E-state index contributed by atoms with van der Waals surface area (Å²) in [5.41, 5.74) is 2.74. The summed E-state index contributed by atoms with van der Waals surface area (Å²) in [6.45, 7) is 0. The molecule has 1 aromatic heterocycles. The van der Waals surface area contributed by atoms with E-state index in [0.717, 1.165) is 39.5 Å². The minimum absolute atomic E-state index is 0.120. The molecule has 7 heteroatoms. The van der Waals surface area contributed by atoms with E-state index in [9.17, 15) is 14.9 Å². The summed E-state index contributed by atoms with van der Waals surface area (Å²) in [6, 6.07) is 10.3. The average molecular weight is 439 g/mol. The van der Waals surface area contributed by atoms with Gasteiger partial charge in [-0.3, -0.25) is 4.79 Å². The first-order chi connectivity index (χ1) is 15.1. The van der Waals surface area contributed by atoms with Crippen LogP contribution in [-0.4, -0.2) is 31.1 Å². The number of carbonyl (C=O) groups excluding carboxylic acids is 2. The summed E-state index contributed by atoms with van der Waals surface area (Å²) < 4.78 is 10.8. The molecule has 0 spiro atoms. The van der Waals surface area contributed by atoms with Crippen LogP contribution in [0, 0.1) is 11.3 Å². The monoisotopic (exact) mass is 438 g/mol. The number of ether oxygens (including phenoxy) is 2. The molecule has 4 rings (SSSR count). The Labute approximate surface area is 186 Å². The Hall–Kier alpha value is -2.85. The third-order valence-electron chi connectivity index (χ3n) is 5.76. The molecule has 0 aliphatic heterocycles. The number of alkyl carbamates (subject to hydrolysis) is 1. The predicted molar refractivity (Wildman–Crippen MR) is 118 cm³/mol. The Kier molecular flexibility index (Phi) is 6.57. The lowest BCUT2D eigenvalue weighted by Crippen LogP contribution is -2.32. The quantitative estimate of drug-likeness (QED) is 0.670. The number of methoxy groups -OCH3 is 1.